The summed E-state index contributed by atoms with van der Waals surface area (Å²) in [6, 6.07) is 7.02. The second-order valence-corrected chi connectivity index (χ2v) is 6.49. The van der Waals surface area contributed by atoms with Crippen molar-refractivity contribution in [3.63, 3.8) is 0 Å². The molecule has 2 heterocycles. The van der Waals surface area contributed by atoms with Gasteiger partial charge in [-0.1, -0.05) is 11.2 Å². The number of carbonyl (C=O) groups excluding carboxylic acids is 2. The zero-order chi connectivity index (χ0) is 20.1. The van der Waals surface area contributed by atoms with Gasteiger partial charge in [0.15, 0.2) is 11.5 Å². The summed E-state index contributed by atoms with van der Waals surface area (Å²) < 4.78 is 9.90. The zero-order valence-electron chi connectivity index (χ0n) is 15.4. The minimum absolute atomic E-state index is 0.0887. The standard InChI is InChI=1S/C19H21N3O6/c1-27-11-14-10-15(21-28-14)17(23)20-13-6-4-5-12(9-13)18(24)22-8-3-2-7-16(22)19(25)26/h4-6,9-10,16H,2-3,7-8,11H2,1H3,(H,20,23)(H,25,26). The molecule has 1 saturated heterocycles. The van der Waals surface area contributed by atoms with Crippen LogP contribution >= 0.6 is 0 Å². The van der Waals surface area contributed by atoms with E-state index in [4.69, 9.17) is 9.26 Å². The van der Waals surface area contributed by atoms with Crippen LogP contribution in [0.2, 0.25) is 0 Å². The molecule has 1 aliphatic rings. The maximum absolute atomic E-state index is 12.8. The van der Waals surface area contributed by atoms with Crippen LogP contribution in [0.1, 0.15) is 45.9 Å². The van der Waals surface area contributed by atoms with Gasteiger partial charge in [0.05, 0.1) is 0 Å². The van der Waals surface area contributed by atoms with Gasteiger partial charge in [-0.15, -0.1) is 0 Å². The third-order valence-electron chi connectivity index (χ3n) is 4.49. The molecule has 0 aliphatic carbocycles. The van der Waals surface area contributed by atoms with Crippen molar-refractivity contribution >= 4 is 23.5 Å². The van der Waals surface area contributed by atoms with Gasteiger partial charge in [0, 0.05) is 31.0 Å². The molecule has 9 nitrogen and oxygen atoms in total. The van der Waals surface area contributed by atoms with Crippen LogP contribution in [0.5, 0.6) is 0 Å². The first kappa shape index (κ1) is 19.6. The summed E-state index contributed by atoms with van der Waals surface area (Å²) in [5, 5.41) is 15.7. The van der Waals surface area contributed by atoms with E-state index in [-0.39, 0.29) is 18.2 Å². The van der Waals surface area contributed by atoms with E-state index in [0.717, 1.165) is 12.8 Å². The van der Waals surface area contributed by atoms with E-state index in [1.54, 1.807) is 18.2 Å². The summed E-state index contributed by atoms with van der Waals surface area (Å²) in [7, 11) is 1.50. The second kappa shape index (κ2) is 8.66. The fourth-order valence-corrected chi connectivity index (χ4v) is 3.15. The number of ether oxygens (including phenoxy) is 1. The van der Waals surface area contributed by atoms with Crippen LogP contribution < -0.4 is 5.32 Å². The molecule has 2 aromatic rings. The number of rotatable bonds is 6. The van der Waals surface area contributed by atoms with E-state index in [9.17, 15) is 19.5 Å². The van der Waals surface area contributed by atoms with Crippen molar-refractivity contribution in [2.24, 2.45) is 0 Å². The van der Waals surface area contributed by atoms with E-state index in [2.05, 4.69) is 10.5 Å². The summed E-state index contributed by atoms with van der Waals surface area (Å²) in [5.74, 6) is -1.44. The molecule has 1 unspecified atom stereocenters. The number of amides is 2. The van der Waals surface area contributed by atoms with E-state index in [1.807, 2.05) is 0 Å². The first-order valence-electron chi connectivity index (χ1n) is 8.89. The van der Waals surface area contributed by atoms with Gasteiger partial charge in [-0.3, -0.25) is 9.59 Å². The van der Waals surface area contributed by atoms with Gasteiger partial charge in [-0.05, 0) is 37.5 Å². The average Bonchev–Trinajstić information content (AvgIpc) is 3.17. The number of benzene rings is 1. The molecule has 1 aromatic heterocycles. The summed E-state index contributed by atoms with van der Waals surface area (Å²) in [4.78, 5) is 37.9. The molecular weight excluding hydrogens is 366 g/mol. The lowest BCUT2D eigenvalue weighted by Crippen LogP contribution is -2.48. The molecule has 2 amide bonds. The largest absolute Gasteiger partial charge is 0.480 e. The number of aliphatic carboxylic acids is 1. The number of aromatic nitrogens is 1. The highest BCUT2D eigenvalue weighted by Gasteiger charge is 2.32. The molecule has 0 bridgehead atoms. The fourth-order valence-electron chi connectivity index (χ4n) is 3.15. The lowest BCUT2D eigenvalue weighted by Gasteiger charge is -2.33. The lowest BCUT2D eigenvalue weighted by molar-refractivity contribution is -0.143. The van der Waals surface area contributed by atoms with Gasteiger partial charge in [0.2, 0.25) is 0 Å². The third-order valence-corrected chi connectivity index (χ3v) is 4.49. The van der Waals surface area contributed by atoms with Crippen molar-refractivity contribution in [3.05, 3.63) is 47.3 Å². The van der Waals surface area contributed by atoms with Crippen LogP contribution in [-0.4, -0.2) is 52.6 Å². The molecule has 0 saturated carbocycles. The van der Waals surface area contributed by atoms with Crippen LogP contribution in [0.15, 0.2) is 34.9 Å². The molecule has 1 atom stereocenters. The average molecular weight is 387 g/mol. The number of carboxylic acid groups (broad SMARTS) is 1. The van der Waals surface area contributed by atoms with Crippen molar-refractivity contribution in [1.29, 1.82) is 0 Å². The van der Waals surface area contributed by atoms with Crippen LogP contribution in [0.3, 0.4) is 0 Å². The molecule has 148 valence electrons. The minimum Gasteiger partial charge on any atom is -0.480 e. The Kier molecular flexibility index (Phi) is 6.05. The number of piperidine rings is 1. The number of anilines is 1. The third kappa shape index (κ3) is 4.37. The summed E-state index contributed by atoms with van der Waals surface area (Å²) >= 11 is 0. The number of carboxylic acids is 1. The van der Waals surface area contributed by atoms with E-state index >= 15 is 0 Å². The molecule has 2 N–H and O–H groups in total. The number of hydrogen-bond donors (Lipinski definition) is 2. The molecule has 1 aliphatic heterocycles. The molecule has 28 heavy (non-hydrogen) atoms. The first-order chi connectivity index (χ1) is 13.5. The van der Waals surface area contributed by atoms with Crippen LogP contribution in [0.4, 0.5) is 5.69 Å². The van der Waals surface area contributed by atoms with Crippen LogP contribution in [-0.2, 0) is 16.1 Å². The maximum atomic E-state index is 12.8. The molecule has 1 aromatic carbocycles. The SMILES string of the molecule is COCc1cc(C(=O)Nc2cccc(C(=O)N3CCCCC3C(=O)O)c2)no1. The molecule has 1 fully saturated rings. The van der Waals surface area contributed by atoms with Crippen molar-refractivity contribution in [2.45, 2.75) is 31.9 Å². The summed E-state index contributed by atoms with van der Waals surface area (Å²) in [6.45, 7) is 0.596. The number of likely N-dealkylation sites (tertiary alicyclic amines) is 1. The number of nitrogens with one attached hydrogen (secondary N) is 1. The van der Waals surface area contributed by atoms with Gasteiger partial charge in [-0.25, -0.2) is 4.79 Å². The molecule has 0 spiro atoms. The molecule has 0 radical (unpaired) electrons. The molecular formula is C19H21N3O6. The highest BCUT2D eigenvalue weighted by atomic mass is 16.5. The molecule has 3 rings (SSSR count). The summed E-state index contributed by atoms with van der Waals surface area (Å²) in [5.41, 5.74) is 0.799. The Hall–Kier alpha value is -3.20. The zero-order valence-corrected chi connectivity index (χ0v) is 15.4. The maximum Gasteiger partial charge on any atom is 0.326 e. The highest BCUT2D eigenvalue weighted by molar-refractivity contribution is 6.04. The van der Waals surface area contributed by atoms with Gasteiger partial charge < -0.3 is 24.6 Å². The Labute approximate surface area is 161 Å². The monoisotopic (exact) mass is 387 g/mol. The first-order valence-corrected chi connectivity index (χ1v) is 8.89. The lowest BCUT2D eigenvalue weighted by atomic mass is 10.0. The van der Waals surface area contributed by atoms with Crippen molar-refractivity contribution in [1.82, 2.24) is 10.1 Å². The highest BCUT2D eigenvalue weighted by Crippen LogP contribution is 2.21. The Morgan fingerprint density at radius 1 is 1.32 bits per heavy atom. The Morgan fingerprint density at radius 2 is 2.14 bits per heavy atom. The minimum atomic E-state index is -1.00. The van der Waals surface area contributed by atoms with Gasteiger partial charge >= 0.3 is 5.97 Å². The predicted octanol–water partition coefficient (Wildman–Crippen LogP) is 2.15. The van der Waals surface area contributed by atoms with E-state index in [1.165, 1.54) is 24.1 Å². The van der Waals surface area contributed by atoms with E-state index in [0.29, 0.717) is 30.0 Å². The Morgan fingerprint density at radius 3 is 2.89 bits per heavy atom. The normalized spacial score (nSPS) is 16.6. The number of hydrogen-bond acceptors (Lipinski definition) is 6. The van der Waals surface area contributed by atoms with Crippen LogP contribution in [0.25, 0.3) is 0 Å². The quantitative estimate of drug-likeness (QED) is 0.779. The molecule has 9 heteroatoms. The summed E-state index contributed by atoms with van der Waals surface area (Å²) in [6.07, 6.45) is 1.98. The van der Waals surface area contributed by atoms with Crippen molar-refractivity contribution < 1.29 is 28.8 Å². The number of methoxy groups -OCH3 is 1. The Bertz CT molecular complexity index is 878. The number of carbonyl (C=O) groups is 3. The van der Waals surface area contributed by atoms with Gasteiger partial charge in [-0.2, -0.15) is 0 Å². The predicted molar refractivity (Wildman–Crippen MR) is 97.9 cm³/mol. The van der Waals surface area contributed by atoms with Gasteiger partial charge in [0.25, 0.3) is 11.8 Å². The van der Waals surface area contributed by atoms with E-state index < -0.39 is 17.9 Å². The topological polar surface area (TPSA) is 122 Å². The number of nitrogens with zero attached hydrogens (tertiary/aromatic N) is 2. The second-order valence-electron chi connectivity index (χ2n) is 6.49. The van der Waals surface area contributed by atoms with Crippen molar-refractivity contribution in [2.75, 3.05) is 19.0 Å². The Balaban J connectivity index is 1.73. The van der Waals surface area contributed by atoms with Gasteiger partial charge in [0.1, 0.15) is 12.6 Å². The fraction of sp³-hybridized carbons (Fsp3) is 0.368. The van der Waals surface area contributed by atoms with Crippen LogP contribution in [0, 0.1) is 0 Å². The smallest absolute Gasteiger partial charge is 0.326 e. The van der Waals surface area contributed by atoms with Crippen molar-refractivity contribution in [3.8, 4) is 0 Å².